The van der Waals surface area contributed by atoms with E-state index in [4.69, 9.17) is 0 Å². The number of hydrogen-bond acceptors (Lipinski definition) is 3. The Morgan fingerprint density at radius 2 is 1.94 bits per heavy atom. The van der Waals surface area contributed by atoms with Crippen molar-refractivity contribution in [2.75, 3.05) is 0 Å². The summed E-state index contributed by atoms with van der Waals surface area (Å²) in [4.78, 5) is 0. The van der Waals surface area contributed by atoms with Crippen molar-refractivity contribution in [3.05, 3.63) is 25.3 Å². The number of hydrogen-bond donors (Lipinski definition) is 3. The van der Waals surface area contributed by atoms with Gasteiger partial charge < -0.3 is 10.2 Å². The molecular weight excluding hydrogens is 202 g/mol. The van der Waals surface area contributed by atoms with Gasteiger partial charge in [-0.1, -0.05) is 26.0 Å². The molecule has 0 aromatic heterocycles. The van der Waals surface area contributed by atoms with Crippen molar-refractivity contribution in [3.63, 3.8) is 0 Å². The summed E-state index contributed by atoms with van der Waals surface area (Å²) in [5.74, 6) is 0. The third-order valence-electron chi connectivity index (χ3n) is 2.66. The maximum absolute atomic E-state index is 9.79. The summed E-state index contributed by atoms with van der Waals surface area (Å²) in [6.07, 6.45) is 6.79. The molecule has 3 heteroatoms. The minimum Gasteiger partial charge on any atom is -0.392 e. The molecule has 0 aromatic carbocycles. The molecule has 0 spiro atoms. The molecule has 0 heterocycles. The zero-order chi connectivity index (χ0) is 12.4. The van der Waals surface area contributed by atoms with Gasteiger partial charge in [0.25, 0.3) is 0 Å². The van der Waals surface area contributed by atoms with Gasteiger partial charge in [-0.2, -0.15) is 0 Å². The lowest BCUT2D eigenvalue weighted by atomic mass is 10.0. The Hall–Kier alpha value is -0.640. The maximum Gasteiger partial charge on any atom is 0.124 e. The van der Waals surface area contributed by atoms with Crippen LogP contribution in [0.25, 0.3) is 0 Å². The Bertz CT molecular complexity index is 194. The van der Waals surface area contributed by atoms with Crippen molar-refractivity contribution in [1.29, 1.82) is 0 Å². The van der Waals surface area contributed by atoms with Crippen LogP contribution in [0, 0.1) is 0 Å². The van der Waals surface area contributed by atoms with Gasteiger partial charge in [-0.25, -0.2) is 0 Å². The first-order valence-corrected chi connectivity index (χ1v) is 6.01. The second-order valence-electron chi connectivity index (χ2n) is 4.00. The number of nitrogens with one attached hydrogen (secondary N) is 1. The molecule has 0 aromatic rings. The van der Waals surface area contributed by atoms with Gasteiger partial charge in [-0.3, -0.25) is 5.32 Å². The Balaban J connectivity index is 3.99. The highest BCUT2D eigenvalue weighted by atomic mass is 16.3. The van der Waals surface area contributed by atoms with Crippen LogP contribution in [0.1, 0.15) is 39.0 Å². The van der Waals surface area contributed by atoms with Gasteiger partial charge in [0.05, 0.1) is 6.10 Å². The first-order chi connectivity index (χ1) is 7.65. The fourth-order valence-corrected chi connectivity index (χ4v) is 1.61. The van der Waals surface area contributed by atoms with Crippen molar-refractivity contribution >= 4 is 0 Å². The van der Waals surface area contributed by atoms with Crippen LogP contribution in [-0.2, 0) is 0 Å². The molecule has 0 saturated carbocycles. The van der Waals surface area contributed by atoms with Crippen LogP contribution in [0.4, 0.5) is 0 Å². The first kappa shape index (κ1) is 15.4. The molecule has 0 fully saturated rings. The molecule has 3 N–H and O–H groups in total. The van der Waals surface area contributed by atoms with Crippen molar-refractivity contribution in [2.45, 2.75) is 57.4 Å². The Kier molecular flexibility index (Phi) is 9.19. The SMILES string of the molecule is C=CCCCCC(NC(O)C=C)C(O)CC. The summed E-state index contributed by atoms with van der Waals surface area (Å²) in [5.41, 5.74) is 0. The number of rotatable bonds is 10. The van der Waals surface area contributed by atoms with Gasteiger partial charge >= 0.3 is 0 Å². The number of allylic oxidation sites excluding steroid dienone is 1. The van der Waals surface area contributed by atoms with Gasteiger partial charge in [0.15, 0.2) is 0 Å². The molecule has 0 aliphatic heterocycles. The summed E-state index contributed by atoms with van der Waals surface area (Å²) >= 11 is 0. The lowest BCUT2D eigenvalue weighted by Crippen LogP contribution is -2.44. The fraction of sp³-hybridized carbons (Fsp3) is 0.692. The van der Waals surface area contributed by atoms with E-state index in [-0.39, 0.29) is 6.04 Å². The largest absolute Gasteiger partial charge is 0.392 e. The monoisotopic (exact) mass is 227 g/mol. The molecule has 0 amide bonds. The predicted molar refractivity (Wildman–Crippen MR) is 68.1 cm³/mol. The van der Waals surface area contributed by atoms with Crippen LogP contribution in [-0.4, -0.2) is 28.6 Å². The number of aliphatic hydroxyl groups is 2. The topological polar surface area (TPSA) is 52.5 Å². The van der Waals surface area contributed by atoms with Gasteiger partial charge in [-0.05, 0) is 31.8 Å². The number of unbranched alkanes of at least 4 members (excludes halogenated alkanes) is 2. The molecule has 0 aliphatic rings. The first-order valence-electron chi connectivity index (χ1n) is 6.01. The molecule has 0 rings (SSSR count). The van der Waals surface area contributed by atoms with Crippen LogP contribution < -0.4 is 5.32 Å². The third-order valence-corrected chi connectivity index (χ3v) is 2.66. The fourth-order valence-electron chi connectivity index (χ4n) is 1.61. The van der Waals surface area contributed by atoms with E-state index in [2.05, 4.69) is 18.5 Å². The van der Waals surface area contributed by atoms with E-state index in [1.807, 2.05) is 13.0 Å². The molecule has 0 bridgehead atoms. The molecule has 94 valence electrons. The second kappa shape index (κ2) is 9.58. The van der Waals surface area contributed by atoms with E-state index in [0.717, 1.165) is 25.7 Å². The van der Waals surface area contributed by atoms with E-state index in [9.17, 15) is 10.2 Å². The summed E-state index contributed by atoms with van der Waals surface area (Å²) in [6.45, 7) is 9.11. The average Bonchev–Trinajstić information content (AvgIpc) is 2.31. The molecule has 0 radical (unpaired) electrons. The third kappa shape index (κ3) is 6.77. The van der Waals surface area contributed by atoms with Crippen molar-refractivity contribution in [1.82, 2.24) is 5.32 Å². The minimum atomic E-state index is -0.745. The highest BCUT2D eigenvalue weighted by Crippen LogP contribution is 2.10. The van der Waals surface area contributed by atoms with Crippen LogP contribution in [0.5, 0.6) is 0 Å². The standard InChI is InChI=1S/C13H25NO2/c1-4-7-8-9-10-11(12(15)5-2)14-13(16)6-3/h4,6,11-16H,1,3,5,7-10H2,2H3. The highest BCUT2D eigenvalue weighted by molar-refractivity contribution is 4.83. The van der Waals surface area contributed by atoms with Gasteiger partial charge in [0.2, 0.25) is 0 Å². The smallest absolute Gasteiger partial charge is 0.124 e. The van der Waals surface area contributed by atoms with Crippen molar-refractivity contribution in [3.8, 4) is 0 Å². The Morgan fingerprint density at radius 3 is 2.44 bits per heavy atom. The van der Waals surface area contributed by atoms with E-state index in [1.54, 1.807) is 0 Å². The van der Waals surface area contributed by atoms with Gasteiger partial charge in [0.1, 0.15) is 6.23 Å². The van der Waals surface area contributed by atoms with Crippen LogP contribution in [0.2, 0.25) is 0 Å². The second-order valence-corrected chi connectivity index (χ2v) is 4.00. The Morgan fingerprint density at radius 1 is 1.25 bits per heavy atom. The van der Waals surface area contributed by atoms with Crippen molar-refractivity contribution in [2.24, 2.45) is 0 Å². The lowest BCUT2D eigenvalue weighted by molar-refractivity contribution is 0.0781. The average molecular weight is 227 g/mol. The van der Waals surface area contributed by atoms with Gasteiger partial charge in [-0.15, -0.1) is 6.58 Å². The molecule has 3 unspecified atom stereocenters. The van der Waals surface area contributed by atoms with Crippen molar-refractivity contribution < 1.29 is 10.2 Å². The van der Waals surface area contributed by atoms with Crippen LogP contribution in [0.15, 0.2) is 25.3 Å². The zero-order valence-corrected chi connectivity index (χ0v) is 10.2. The normalized spacial score (nSPS) is 16.4. The minimum absolute atomic E-state index is 0.0668. The molecule has 3 atom stereocenters. The maximum atomic E-state index is 9.79. The van der Waals surface area contributed by atoms with Gasteiger partial charge in [0, 0.05) is 6.04 Å². The van der Waals surface area contributed by atoms with E-state index < -0.39 is 12.3 Å². The molecule has 16 heavy (non-hydrogen) atoms. The number of aliphatic hydroxyl groups excluding tert-OH is 2. The summed E-state index contributed by atoms with van der Waals surface area (Å²) in [6, 6.07) is -0.0668. The molecular formula is C13H25NO2. The summed E-state index contributed by atoms with van der Waals surface area (Å²) in [7, 11) is 0. The zero-order valence-electron chi connectivity index (χ0n) is 10.2. The Labute approximate surface area is 98.9 Å². The quantitative estimate of drug-likeness (QED) is 0.304. The van der Waals surface area contributed by atoms with E-state index >= 15 is 0 Å². The predicted octanol–water partition coefficient (Wildman–Crippen LogP) is 1.97. The molecule has 0 aliphatic carbocycles. The summed E-state index contributed by atoms with van der Waals surface area (Å²) in [5, 5.41) is 22.2. The highest BCUT2D eigenvalue weighted by Gasteiger charge is 2.18. The van der Waals surface area contributed by atoms with Crippen LogP contribution in [0.3, 0.4) is 0 Å². The lowest BCUT2D eigenvalue weighted by Gasteiger charge is -2.25. The van der Waals surface area contributed by atoms with Crippen LogP contribution >= 0.6 is 0 Å². The van der Waals surface area contributed by atoms with E-state index in [0.29, 0.717) is 6.42 Å². The summed E-state index contributed by atoms with van der Waals surface area (Å²) < 4.78 is 0. The molecule has 3 nitrogen and oxygen atoms in total. The van der Waals surface area contributed by atoms with E-state index in [1.165, 1.54) is 6.08 Å². The molecule has 0 saturated heterocycles.